The molecule has 1 heterocycles. The van der Waals surface area contributed by atoms with Crippen molar-refractivity contribution in [3.63, 3.8) is 0 Å². The molecule has 110 valence electrons. The van der Waals surface area contributed by atoms with Gasteiger partial charge >= 0.3 is 0 Å². The van der Waals surface area contributed by atoms with Gasteiger partial charge in [0.2, 0.25) is 5.89 Å². The SMILES string of the molecule is CNC(C)Cc1noc(CCc2ccc(Cl)cc2)n1.Cl. The van der Waals surface area contributed by atoms with Crippen LogP contribution in [0.15, 0.2) is 28.8 Å². The fourth-order valence-electron chi connectivity index (χ4n) is 1.75. The van der Waals surface area contributed by atoms with Crippen molar-refractivity contribution in [2.24, 2.45) is 0 Å². The van der Waals surface area contributed by atoms with Crippen molar-refractivity contribution in [1.82, 2.24) is 15.5 Å². The zero-order chi connectivity index (χ0) is 13.7. The lowest BCUT2D eigenvalue weighted by Gasteiger charge is -2.04. The third-order valence-electron chi connectivity index (χ3n) is 3.03. The van der Waals surface area contributed by atoms with E-state index in [4.69, 9.17) is 16.1 Å². The molecule has 2 aromatic rings. The molecule has 1 aromatic heterocycles. The molecule has 1 atom stereocenters. The summed E-state index contributed by atoms with van der Waals surface area (Å²) in [5.41, 5.74) is 1.22. The van der Waals surface area contributed by atoms with Crippen molar-refractivity contribution in [2.45, 2.75) is 32.2 Å². The van der Waals surface area contributed by atoms with Gasteiger partial charge in [-0.05, 0) is 38.1 Å². The van der Waals surface area contributed by atoms with Crippen LogP contribution in [0.3, 0.4) is 0 Å². The first-order chi connectivity index (χ1) is 9.17. The highest BCUT2D eigenvalue weighted by Crippen LogP contribution is 2.11. The molecule has 0 amide bonds. The summed E-state index contributed by atoms with van der Waals surface area (Å²) >= 11 is 5.85. The molecule has 1 aromatic carbocycles. The van der Waals surface area contributed by atoms with Crippen LogP contribution in [0.1, 0.15) is 24.2 Å². The largest absolute Gasteiger partial charge is 0.339 e. The third kappa shape index (κ3) is 5.12. The highest BCUT2D eigenvalue weighted by molar-refractivity contribution is 6.30. The number of hydrogen-bond acceptors (Lipinski definition) is 4. The van der Waals surface area contributed by atoms with Gasteiger partial charge in [0.1, 0.15) is 0 Å². The fraction of sp³-hybridized carbons (Fsp3) is 0.429. The molecule has 4 nitrogen and oxygen atoms in total. The van der Waals surface area contributed by atoms with Gasteiger partial charge in [-0.2, -0.15) is 4.98 Å². The molecule has 0 aliphatic carbocycles. The summed E-state index contributed by atoms with van der Waals surface area (Å²) in [6, 6.07) is 8.17. The number of hydrogen-bond donors (Lipinski definition) is 1. The Hall–Kier alpha value is -1.10. The van der Waals surface area contributed by atoms with Crippen molar-refractivity contribution >= 4 is 24.0 Å². The highest BCUT2D eigenvalue weighted by atomic mass is 35.5. The van der Waals surface area contributed by atoms with Gasteiger partial charge in [-0.3, -0.25) is 0 Å². The van der Waals surface area contributed by atoms with Crippen LogP contribution in [0, 0.1) is 0 Å². The van der Waals surface area contributed by atoms with E-state index in [0.29, 0.717) is 11.9 Å². The molecule has 6 heteroatoms. The van der Waals surface area contributed by atoms with Gasteiger partial charge in [0.25, 0.3) is 0 Å². The molecule has 0 radical (unpaired) electrons. The molecular formula is C14H19Cl2N3O. The average molecular weight is 316 g/mol. The Labute approximate surface area is 130 Å². The zero-order valence-electron chi connectivity index (χ0n) is 11.6. The van der Waals surface area contributed by atoms with Crippen LogP contribution in [0.2, 0.25) is 5.02 Å². The van der Waals surface area contributed by atoms with E-state index in [-0.39, 0.29) is 12.4 Å². The van der Waals surface area contributed by atoms with E-state index in [1.54, 1.807) is 0 Å². The van der Waals surface area contributed by atoms with E-state index in [9.17, 15) is 0 Å². The number of rotatable bonds is 6. The van der Waals surface area contributed by atoms with Crippen LogP contribution < -0.4 is 5.32 Å². The smallest absolute Gasteiger partial charge is 0.226 e. The van der Waals surface area contributed by atoms with Crippen LogP contribution in [-0.2, 0) is 19.3 Å². The Morgan fingerprint density at radius 2 is 1.95 bits per heavy atom. The molecule has 0 aliphatic heterocycles. The molecule has 1 unspecified atom stereocenters. The maximum Gasteiger partial charge on any atom is 0.226 e. The second kappa shape index (κ2) is 8.25. The Morgan fingerprint density at radius 3 is 2.60 bits per heavy atom. The third-order valence-corrected chi connectivity index (χ3v) is 3.28. The number of benzene rings is 1. The lowest BCUT2D eigenvalue weighted by atomic mass is 10.1. The summed E-state index contributed by atoms with van der Waals surface area (Å²) in [6.07, 6.45) is 2.41. The molecule has 0 saturated heterocycles. The number of nitrogens with zero attached hydrogens (tertiary/aromatic N) is 2. The van der Waals surface area contributed by atoms with E-state index >= 15 is 0 Å². The summed E-state index contributed by atoms with van der Waals surface area (Å²) in [7, 11) is 1.92. The van der Waals surface area contributed by atoms with Crippen LogP contribution >= 0.6 is 24.0 Å². The summed E-state index contributed by atoms with van der Waals surface area (Å²) < 4.78 is 5.24. The second-order valence-corrected chi connectivity index (χ2v) is 5.06. The lowest BCUT2D eigenvalue weighted by Crippen LogP contribution is -2.24. The standard InChI is InChI=1S/C14H18ClN3O.ClH/c1-10(16-2)9-13-17-14(19-18-13)8-5-11-3-6-12(15)7-4-11;/h3-4,6-7,10,16H,5,8-9H2,1-2H3;1H. The minimum Gasteiger partial charge on any atom is -0.339 e. The number of likely N-dealkylation sites (N-methyl/N-ethyl adjacent to an activating group) is 1. The van der Waals surface area contributed by atoms with Crippen molar-refractivity contribution in [1.29, 1.82) is 0 Å². The van der Waals surface area contributed by atoms with E-state index in [2.05, 4.69) is 22.4 Å². The number of halogens is 2. The van der Waals surface area contributed by atoms with Gasteiger partial charge < -0.3 is 9.84 Å². The number of aromatic nitrogens is 2. The minimum atomic E-state index is 0. The maximum atomic E-state index is 5.85. The van der Waals surface area contributed by atoms with E-state index < -0.39 is 0 Å². The van der Waals surface area contributed by atoms with E-state index in [0.717, 1.165) is 30.1 Å². The normalized spacial score (nSPS) is 11.9. The molecule has 0 aliphatic rings. The van der Waals surface area contributed by atoms with Gasteiger partial charge in [-0.1, -0.05) is 28.9 Å². The molecular weight excluding hydrogens is 297 g/mol. The Morgan fingerprint density at radius 1 is 1.25 bits per heavy atom. The summed E-state index contributed by atoms with van der Waals surface area (Å²) in [4.78, 5) is 4.39. The van der Waals surface area contributed by atoms with Gasteiger partial charge in [-0.25, -0.2) is 0 Å². The number of nitrogens with one attached hydrogen (secondary N) is 1. The van der Waals surface area contributed by atoms with Crippen LogP contribution in [0.4, 0.5) is 0 Å². The van der Waals surface area contributed by atoms with Crippen molar-refractivity contribution in [3.8, 4) is 0 Å². The van der Waals surface area contributed by atoms with Crippen molar-refractivity contribution in [3.05, 3.63) is 46.6 Å². The predicted molar refractivity (Wildman–Crippen MR) is 82.6 cm³/mol. The second-order valence-electron chi connectivity index (χ2n) is 4.62. The highest BCUT2D eigenvalue weighted by Gasteiger charge is 2.09. The Bertz CT molecular complexity index is 513. The van der Waals surface area contributed by atoms with E-state index in [1.807, 2.05) is 31.3 Å². The molecule has 0 bridgehead atoms. The van der Waals surface area contributed by atoms with E-state index in [1.165, 1.54) is 5.56 Å². The molecule has 20 heavy (non-hydrogen) atoms. The van der Waals surface area contributed by atoms with Gasteiger partial charge in [-0.15, -0.1) is 12.4 Å². The first kappa shape index (κ1) is 17.0. The molecule has 1 N–H and O–H groups in total. The van der Waals surface area contributed by atoms with Crippen LogP contribution in [-0.4, -0.2) is 23.2 Å². The Kier molecular flexibility index (Phi) is 6.99. The first-order valence-corrected chi connectivity index (χ1v) is 6.78. The lowest BCUT2D eigenvalue weighted by molar-refractivity contribution is 0.371. The van der Waals surface area contributed by atoms with Gasteiger partial charge in [0.15, 0.2) is 5.82 Å². The monoisotopic (exact) mass is 315 g/mol. The first-order valence-electron chi connectivity index (χ1n) is 6.40. The van der Waals surface area contributed by atoms with Gasteiger partial charge in [0.05, 0.1) is 0 Å². The summed E-state index contributed by atoms with van der Waals surface area (Å²) in [6.45, 7) is 2.09. The average Bonchev–Trinajstić information content (AvgIpc) is 2.85. The maximum absolute atomic E-state index is 5.85. The van der Waals surface area contributed by atoms with Crippen molar-refractivity contribution < 1.29 is 4.52 Å². The summed E-state index contributed by atoms with van der Waals surface area (Å²) in [5, 5.41) is 7.89. The topological polar surface area (TPSA) is 51.0 Å². The van der Waals surface area contributed by atoms with Crippen LogP contribution in [0.25, 0.3) is 0 Å². The van der Waals surface area contributed by atoms with Crippen LogP contribution in [0.5, 0.6) is 0 Å². The summed E-state index contributed by atoms with van der Waals surface area (Å²) in [5.74, 6) is 1.45. The minimum absolute atomic E-state index is 0. The van der Waals surface area contributed by atoms with Crippen molar-refractivity contribution in [2.75, 3.05) is 7.05 Å². The Balaban J connectivity index is 0.00000200. The zero-order valence-corrected chi connectivity index (χ0v) is 13.2. The predicted octanol–water partition coefficient (Wildman–Crippen LogP) is 3.08. The quantitative estimate of drug-likeness (QED) is 0.890. The van der Waals surface area contributed by atoms with Gasteiger partial charge in [0, 0.05) is 23.9 Å². The molecule has 0 saturated carbocycles. The number of aryl methyl sites for hydroxylation is 2. The molecule has 0 fully saturated rings. The molecule has 2 rings (SSSR count). The fourth-order valence-corrected chi connectivity index (χ4v) is 1.88. The molecule has 0 spiro atoms.